The van der Waals surface area contributed by atoms with Gasteiger partial charge in [-0.2, -0.15) is 11.3 Å². The number of benzene rings is 3. The maximum atomic E-state index is 14.7. The van der Waals surface area contributed by atoms with E-state index in [2.05, 4.69) is 22.5 Å². The lowest BCUT2D eigenvalue weighted by molar-refractivity contribution is -0.172. The molecule has 3 aromatic carbocycles. The predicted molar refractivity (Wildman–Crippen MR) is 197 cm³/mol. The first-order valence-corrected chi connectivity index (χ1v) is 18.3. The van der Waals surface area contributed by atoms with Gasteiger partial charge in [-0.25, -0.2) is 4.79 Å². The summed E-state index contributed by atoms with van der Waals surface area (Å²) >= 11 is 7.65. The molecule has 0 bridgehead atoms. The van der Waals surface area contributed by atoms with E-state index in [1.807, 2.05) is 29.0 Å². The van der Waals surface area contributed by atoms with Crippen molar-refractivity contribution in [3.8, 4) is 28.7 Å². The van der Waals surface area contributed by atoms with Crippen LogP contribution in [0.5, 0.6) is 5.75 Å². The van der Waals surface area contributed by atoms with E-state index in [9.17, 15) is 19.5 Å². The van der Waals surface area contributed by atoms with Crippen LogP contribution in [0.1, 0.15) is 35.6 Å². The maximum Gasteiger partial charge on any atom is 0.318 e. The minimum atomic E-state index is -1.06. The third-order valence-corrected chi connectivity index (χ3v) is 10.4. The number of carbonyl (C=O) groups is 3. The van der Waals surface area contributed by atoms with Gasteiger partial charge in [-0.1, -0.05) is 53.8 Å². The summed E-state index contributed by atoms with van der Waals surface area (Å²) < 4.78 is 17.4. The quantitative estimate of drug-likeness (QED) is 0.219. The SMILES string of the molecule is O=C(Nc1ccc(C#Cc2cscc2-c2cc(Cl)ccc2O)cc1)[C@@H]1COC2(CCOCC2)N1C(=O)[C@H](NC(=O)N1CCOCC1)c1ccccc1. The first kappa shape index (κ1) is 35.5. The van der Waals surface area contributed by atoms with Crippen molar-refractivity contribution < 1.29 is 33.7 Å². The fourth-order valence-corrected chi connectivity index (χ4v) is 7.62. The molecule has 3 fully saturated rings. The molecule has 3 N–H and O–H groups in total. The summed E-state index contributed by atoms with van der Waals surface area (Å²) in [5, 5.41) is 20.6. The average molecular weight is 741 g/mol. The van der Waals surface area contributed by atoms with Crippen molar-refractivity contribution in [3.05, 3.63) is 105 Å². The van der Waals surface area contributed by atoms with E-state index in [0.717, 1.165) is 11.1 Å². The topological polar surface area (TPSA) is 130 Å². The molecule has 3 aliphatic rings. The number of aromatic hydroxyl groups is 1. The monoisotopic (exact) mass is 740 g/mol. The molecule has 4 heterocycles. The van der Waals surface area contributed by atoms with Crippen molar-refractivity contribution in [2.75, 3.05) is 51.4 Å². The van der Waals surface area contributed by atoms with Crippen LogP contribution in [0.15, 0.2) is 83.6 Å². The molecule has 0 aliphatic carbocycles. The summed E-state index contributed by atoms with van der Waals surface area (Å²) in [5.41, 5.74) is 2.93. The number of nitrogens with zero attached hydrogens (tertiary/aromatic N) is 2. The number of nitrogens with one attached hydrogen (secondary N) is 2. The minimum absolute atomic E-state index is 0.00872. The number of morpholine rings is 1. The lowest BCUT2D eigenvalue weighted by Gasteiger charge is -2.42. The van der Waals surface area contributed by atoms with Gasteiger partial charge in [0.1, 0.15) is 23.6 Å². The van der Waals surface area contributed by atoms with Gasteiger partial charge in [0.15, 0.2) is 0 Å². The number of anilines is 1. The molecule has 11 nitrogen and oxygen atoms in total. The second-order valence-corrected chi connectivity index (χ2v) is 13.8. The van der Waals surface area contributed by atoms with E-state index in [0.29, 0.717) is 79.8 Å². The van der Waals surface area contributed by atoms with E-state index >= 15 is 0 Å². The lowest BCUT2D eigenvalue weighted by atomic mass is 9.97. The number of carbonyl (C=O) groups excluding carboxylic acids is 3. The number of thiophene rings is 1. The van der Waals surface area contributed by atoms with Crippen molar-refractivity contribution in [2.24, 2.45) is 0 Å². The molecule has 0 saturated carbocycles. The summed E-state index contributed by atoms with van der Waals surface area (Å²) in [7, 11) is 0. The van der Waals surface area contributed by atoms with Gasteiger partial charge in [0.25, 0.3) is 5.91 Å². The molecule has 2 atom stereocenters. The highest BCUT2D eigenvalue weighted by molar-refractivity contribution is 7.08. The number of rotatable bonds is 6. The van der Waals surface area contributed by atoms with E-state index in [4.69, 9.17) is 25.8 Å². The number of amides is 4. The average Bonchev–Trinajstić information content (AvgIpc) is 3.80. The van der Waals surface area contributed by atoms with Crippen molar-refractivity contribution in [1.82, 2.24) is 15.1 Å². The predicted octanol–water partition coefficient (Wildman–Crippen LogP) is 5.63. The van der Waals surface area contributed by atoms with Gasteiger partial charge in [-0.15, -0.1) is 0 Å². The van der Waals surface area contributed by atoms with Gasteiger partial charge in [0, 0.05) is 64.3 Å². The van der Waals surface area contributed by atoms with Crippen LogP contribution in [0, 0.1) is 11.8 Å². The summed E-state index contributed by atoms with van der Waals surface area (Å²) in [4.78, 5) is 45.3. The summed E-state index contributed by atoms with van der Waals surface area (Å²) in [6.07, 6.45) is 0.773. The van der Waals surface area contributed by atoms with E-state index in [-0.39, 0.29) is 18.4 Å². The van der Waals surface area contributed by atoms with Crippen LogP contribution in [-0.4, -0.2) is 90.6 Å². The van der Waals surface area contributed by atoms with Gasteiger partial charge in [0.05, 0.1) is 33.0 Å². The van der Waals surface area contributed by atoms with Crippen LogP contribution in [0.4, 0.5) is 10.5 Å². The van der Waals surface area contributed by atoms with Gasteiger partial charge in [-0.3, -0.25) is 14.5 Å². The van der Waals surface area contributed by atoms with Crippen molar-refractivity contribution in [1.29, 1.82) is 0 Å². The largest absolute Gasteiger partial charge is 0.507 e. The zero-order valence-corrected chi connectivity index (χ0v) is 29.8. The third kappa shape index (κ3) is 7.65. The highest BCUT2D eigenvalue weighted by Crippen LogP contribution is 2.39. The molecule has 52 heavy (non-hydrogen) atoms. The zero-order chi connectivity index (χ0) is 36.1. The Hall–Kier alpha value is -4.90. The maximum absolute atomic E-state index is 14.7. The molecule has 3 saturated heterocycles. The lowest BCUT2D eigenvalue weighted by Crippen LogP contribution is -2.60. The molecule has 1 aromatic heterocycles. The van der Waals surface area contributed by atoms with Crippen molar-refractivity contribution >= 4 is 46.5 Å². The summed E-state index contributed by atoms with van der Waals surface area (Å²) in [5.74, 6) is 5.61. The number of phenols is 1. The minimum Gasteiger partial charge on any atom is -0.507 e. The Labute approximate surface area is 310 Å². The van der Waals surface area contributed by atoms with Crippen molar-refractivity contribution in [3.63, 3.8) is 0 Å². The van der Waals surface area contributed by atoms with Crippen LogP contribution >= 0.6 is 22.9 Å². The van der Waals surface area contributed by atoms with Crippen LogP contribution < -0.4 is 10.6 Å². The normalized spacial score (nSPS) is 18.7. The van der Waals surface area contributed by atoms with Crippen molar-refractivity contribution in [2.45, 2.75) is 30.7 Å². The van der Waals surface area contributed by atoms with E-state index in [1.165, 1.54) is 16.2 Å². The Bertz CT molecular complexity index is 1980. The fourth-order valence-electron chi connectivity index (χ4n) is 6.67. The Morgan fingerprint density at radius 1 is 0.904 bits per heavy atom. The molecule has 13 heteroatoms. The second kappa shape index (κ2) is 15.8. The fraction of sp³-hybridized carbons (Fsp3) is 0.308. The Morgan fingerprint density at radius 2 is 1.63 bits per heavy atom. The third-order valence-electron chi connectivity index (χ3n) is 9.43. The van der Waals surface area contributed by atoms with Gasteiger partial charge < -0.3 is 34.9 Å². The second-order valence-electron chi connectivity index (χ2n) is 12.7. The molecular formula is C39H37ClN4O7S. The molecule has 0 radical (unpaired) electrons. The van der Waals surface area contributed by atoms with E-state index in [1.54, 1.807) is 59.5 Å². The molecule has 0 unspecified atom stereocenters. The zero-order valence-electron chi connectivity index (χ0n) is 28.2. The van der Waals surface area contributed by atoms with Gasteiger partial charge in [0.2, 0.25) is 5.91 Å². The molecule has 7 rings (SSSR count). The van der Waals surface area contributed by atoms with Crippen LogP contribution in [0.25, 0.3) is 11.1 Å². The number of halogens is 1. The highest BCUT2D eigenvalue weighted by Gasteiger charge is 2.54. The van der Waals surface area contributed by atoms with Crippen LogP contribution in [0.2, 0.25) is 5.02 Å². The first-order valence-electron chi connectivity index (χ1n) is 17.0. The molecule has 4 amide bonds. The number of ether oxygens (including phenoxy) is 3. The Balaban J connectivity index is 1.10. The number of phenolic OH excluding ortho intramolecular Hbond substituents is 1. The standard InChI is InChI=1S/C39H37ClN4O7S/c40-29-10-13-34(45)31(22-29)32-25-52-24-28(32)9-6-26-7-11-30(12-8-26)41-36(46)33-23-51-39(14-18-49-19-15-39)44(33)37(47)35(27-4-2-1-3-5-27)42-38(48)43-16-20-50-21-17-43/h1-5,7-8,10-13,22,24-25,33,35,45H,14-21,23H2,(H,41,46)(H,42,48)/t33-,35+/m0/s1. The molecule has 3 aliphatic heterocycles. The highest BCUT2D eigenvalue weighted by atomic mass is 35.5. The number of hydrogen-bond acceptors (Lipinski definition) is 8. The smallest absolute Gasteiger partial charge is 0.318 e. The van der Waals surface area contributed by atoms with E-state index < -0.39 is 29.6 Å². The van der Waals surface area contributed by atoms with Crippen LogP contribution in [-0.2, 0) is 23.8 Å². The molecule has 268 valence electrons. The molecule has 4 aromatic rings. The summed E-state index contributed by atoms with van der Waals surface area (Å²) in [6.45, 7) is 2.38. The van der Waals surface area contributed by atoms with Gasteiger partial charge in [-0.05, 0) is 53.4 Å². The molecular weight excluding hydrogens is 704 g/mol. The number of urea groups is 1. The van der Waals surface area contributed by atoms with Crippen LogP contribution in [0.3, 0.4) is 0 Å². The Morgan fingerprint density at radius 3 is 2.38 bits per heavy atom. The Kier molecular flexibility index (Phi) is 10.8. The first-order chi connectivity index (χ1) is 25.3. The number of hydrogen-bond donors (Lipinski definition) is 3. The molecule has 1 spiro atoms. The van der Waals surface area contributed by atoms with Gasteiger partial charge >= 0.3 is 6.03 Å². The summed E-state index contributed by atoms with van der Waals surface area (Å²) in [6, 6.07) is 18.6.